The molecule has 1 N–H and O–H groups in total. The summed E-state index contributed by atoms with van der Waals surface area (Å²) in [5, 5.41) is 2.76. The number of carbonyl (C=O) groups excluding carboxylic acids is 1. The predicted molar refractivity (Wildman–Crippen MR) is 74.3 cm³/mol. The summed E-state index contributed by atoms with van der Waals surface area (Å²) in [5.74, 6) is 0. The number of amides is 1. The summed E-state index contributed by atoms with van der Waals surface area (Å²) in [4.78, 5) is 11.5. The van der Waals surface area contributed by atoms with Gasteiger partial charge in [0.15, 0.2) is 0 Å². The predicted octanol–water partition coefficient (Wildman–Crippen LogP) is 3.61. The molecule has 0 unspecified atom stereocenters. The molecule has 1 rings (SSSR count). The number of ether oxygens (including phenoxy) is 1. The third-order valence-corrected chi connectivity index (χ3v) is 2.12. The van der Waals surface area contributed by atoms with E-state index >= 15 is 0 Å². The smallest absolute Gasteiger partial charge is 0.408 e. The van der Waals surface area contributed by atoms with Crippen LogP contribution in [0.3, 0.4) is 0 Å². The van der Waals surface area contributed by atoms with Gasteiger partial charge in [-0.25, -0.2) is 4.79 Å². The van der Waals surface area contributed by atoms with Crippen molar-refractivity contribution in [3.8, 4) is 0 Å². The Morgan fingerprint density at radius 3 is 2.44 bits per heavy atom. The number of rotatable bonds is 3. The highest BCUT2D eigenvalue weighted by molar-refractivity contribution is 5.68. The lowest BCUT2D eigenvalue weighted by atomic mass is 10.2. The van der Waals surface area contributed by atoms with Crippen molar-refractivity contribution in [2.75, 3.05) is 0 Å². The summed E-state index contributed by atoms with van der Waals surface area (Å²) in [6, 6.07) is 9.88. The van der Waals surface area contributed by atoms with Crippen molar-refractivity contribution in [3.63, 3.8) is 0 Å². The minimum absolute atomic E-state index is 0.0694. The average Bonchev–Trinajstić information content (AvgIpc) is 2.25. The van der Waals surface area contributed by atoms with Gasteiger partial charge >= 0.3 is 6.09 Å². The van der Waals surface area contributed by atoms with E-state index in [4.69, 9.17) is 4.74 Å². The Balaban J connectivity index is 2.45. The number of carbonyl (C=O) groups is 1. The molecule has 0 aliphatic rings. The highest BCUT2D eigenvalue weighted by atomic mass is 16.6. The maximum Gasteiger partial charge on any atom is 0.408 e. The van der Waals surface area contributed by atoms with E-state index in [1.807, 2.05) is 70.2 Å². The van der Waals surface area contributed by atoms with Crippen LogP contribution in [0.5, 0.6) is 0 Å². The Labute approximate surface area is 109 Å². The zero-order valence-corrected chi connectivity index (χ0v) is 11.4. The molecule has 0 heterocycles. The summed E-state index contributed by atoms with van der Waals surface area (Å²) in [6.45, 7) is 7.44. The number of nitrogens with one attached hydrogen (secondary N) is 1. The summed E-state index contributed by atoms with van der Waals surface area (Å²) < 4.78 is 5.18. The standard InChI is InChI=1S/C15H21NO2/c1-12(16-14(17)18-15(2,3)4)10-11-13-8-6-5-7-9-13/h5-12H,1-4H3,(H,16,17)/b11-10+/t12-/m0/s1. The fourth-order valence-electron chi connectivity index (χ4n) is 1.36. The molecule has 0 bridgehead atoms. The molecule has 1 aromatic rings. The third-order valence-electron chi connectivity index (χ3n) is 2.12. The highest BCUT2D eigenvalue weighted by Gasteiger charge is 2.16. The Kier molecular flexibility index (Phi) is 4.95. The SMILES string of the molecule is C[C@@H](/C=C/c1ccccc1)NC(=O)OC(C)(C)C. The molecule has 0 spiro atoms. The van der Waals surface area contributed by atoms with Gasteiger partial charge in [-0.2, -0.15) is 0 Å². The van der Waals surface area contributed by atoms with Crippen LogP contribution in [0.25, 0.3) is 6.08 Å². The molecule has 0 aliphatic heterocycles. The van der Waals surface area contributed by atoms with Gasteiger partial charge in [0.2, 0.25) is 0 Å². The minimum atomic E-state index is -0.465. The van der Waals surface area contributed by atoms with Crippen molar-refractivity contribution in [1.29, 1.82) is 0 Å². The Morgan fingerprint density at radius 1 is 1.28 bits per heavy atom. The molecule has 0 radical (unpaired) electrons. The normalized spacial score (nSPS) is 13.3. The van der Waals surface area contributed by atoms with Gasteiger partial charge in [-0.15, -0.1) is 0 Å². The second-order valence-electron chi connectivity index (χ2n) is 5.20. The van der Waals surface area contributed by atoms with E-state index in [1.165, 1.54) is 0 Å². The lowest BCUT2D eigenvalue weighted by Crippen LogP contribution is -2.36. The number of benzene rings is 1. The van der Waals surface area contributed by atoms with Crippen LogP contribution < -0.4 is 5.32 Å². The molecule has 1 amide bonds. The van der Waals surface area contributed by atoms with Crippen molar-refractivity contribution in [2.24, 2.45) is 0 Å². The molecule has 98 valence electrons. The zero-order chi connectivity index (χ0) is 13.6. The molecule has 0 aliphatic carbocycles. The fourth-order valence-corrected chi connectivity index (χ4v) is 1.36. The first kappa shape index (κ1) is 14.3. The third kappa shape index (κ3) is 6.09. The Bertz CT molecular complexity index is 404. The van der Waals surface area contributed by atoms with Gasteiger partial charge in [0.1, 0.15) is 5.60 Å². The van der Waals surface area contributed by atoms with E-state index in [-0.39, 0.29) is 6.04 Å². The van der Waals surface area contributed by atoms with Crippen molar-refractivity contribution in [2.45, 2.75) is 39.3 Å². The summed E-state index contributed by atoms with van der Waals surface area (Å²) >= 11 is 0. The molecule has 0 saturated heterocycles. The van der Waals surface area contributed by atoms with E-state index in [0.717, 1.165) is 5.56 Å². The molecule has 0 fully saturated rings. The molecule has 18 heavy (non-hydrogen) atoms. The van der Waals surface area contributed by atoms with Crippen molar-refractivity contribution < 1.29 is 9.53 Å². The Morgan fingerprint density at radius 2 is 1.89 bits per heavy atom. The van der Waals surface area contributed by atoms with E-state index in [1.54, 1.807) is 0 Å². The number of alkyl carbamates (subject to hydrolysis) is 1. The second-order valence-corrected chi connectivity index (χ2v) is 5.20. The van der Waals surface area contributed by atoms with Crippen LogP contribution in [0.4, 0.5) is 4.79 Å². The van der Waals surface area contributed by atoms with Gasteiger partial charge in [-0.1, -0.05) is 42.5 Å². The zero-order valence-electron chi connectivity index (χ0n) is 11.4. The first-order valence-corrected chi connectivity index (χ1v) is 6.09. The van der Waals surface area contributed by atoms with E-state index in [9.17, 15) is 4.79 Å². The van der Waals surface area contributed by atoms with Gasteiger partial charge in [0.25, 0.3) is 0 Å². The molecule has 1 aromatic carbocycles. The van der Waals surface area contributed by atoms with Crippen molar-refractivity contribution >= 4 is 12.2 Å². The van der Waals surface area contributed by atoms with Crippen LogP contribution in [0.2, 0.25) is 0 Å². The molecule has 3 heteroatoms. The van der Waals surface area contributed by atoms with E-state index in [2.05, 4.69) is 5.32 Å². The highest BCUT2D eigenvalue weighted by Crippen LogP contribution is 2.07. The molecular weight excluding hydrogens is 226 g/mol. The van der Waals surface area contributed by atoms with Gasteiger partial charge in [0.05, 0.1) is 0 Å². The van der Waals surface area contributed by atoms with Gasteiger partial charge in [-0.05, 0) is 33.3 Å². The molecule has 0 saturated carbocycles. The lowest BCUT2D eigenvalue weighted by molar-refractivity contribution is 0.0518. The molecule has 1 atom stereocenters. The minimum Gasteiger partial charge on any atom is -0.444 e. The van der Waals surface area contributed by atoms with Crippen LogP contribution in [0, 0.1) is 0 Å². The summed E-state index contributed by atoms with van der Waals surface area (Å²) in [7, 11) is 0. The van der Waals surface area contributed by atoms with Crippen LogP contribution in [0.15, 0.2) is 36.4 Å². The van der Waals surface area contributed by atoms with Crippen molar-refractivity contribution in [3.05, 3.63) is 42.0 Å². The van der Waals surface area contributed by atoms with Crippen molar-refractivity contribution in [1.82, 2.24) is 5.32 Å². The second kappa shape index (κ2) is 6.24. The van der Waals surface area contributed by atoms with Crippen LogP contribution in [0.1, 0.15) is 33.3 Å². The lowest BCUT2D eigenvalue weighted by Gasteiger charge is -2.20. The van der Waals surface area contributed by atoms with E-state index in [0.29, 0.717) is 0 Å². The topological polar surface area (TPSA) is 38.3 Å². The number of hydrogen-bond donors (Lipinski definition) is 1. The quantitative estimate of drug-likeness (QED) is 0.886. The molecule has 0 aromatic heterocycles. The monoisotopic (exact) mass is 247 g/mol. The van der Waals surface area contributed by atoms with Crippen LogP contribution >= 0.6 is 0 Å². The van der Waals surface area contributed by atoms with Crippen LogP contribution in [-0.4, -0.2) is 17.7 Å². The first-order chi connectivity index (χ1) is 8.37. The van der Waals surface area contributed by atoms with Gasteiger partial charge in [0, 0.05) is 6.04 Å². The summed E-state index contributed by atoms with van der Waals surface area (Å²) in [5.41, 5.74) is 0.641. The summed E-state index contributed by atoms with van der Waals surface area (Å²) in [6.07, 6.45) is 3.51. The van der Waals surface area contributed by atoms with Crippen LogP contribution in [-0.2, 0) is 4.74 Å². The largest absolute Gasteiger partial charge is 0.444 e. The fraction of sp³-hybridized carbons (Fsp3) is 0.400. The van der Waals surface area contributed by atoms with Gasteiger partial charge in [-0.3, -0.25) is 0 Å². The first-order valence-electron chi connectivity index (χ1n) is 6.09. The maximum atomic E-state index is 11.5. The molecule has 3 nitrogen and oxygen atoms in total. The molecular formula is C15H21NO2. The Hall–Kier alpha value is -1.77. The number of hydrogen-bond acceptors (Lipinski definition) is 2. The maximum absolute atomic E-state index is 11.5. The van der Waals surface area contributed by atoms with E-state index < -0.39 is 11.7 Å². The average molecular weight is 247 g/mol. The van der Waals surface area contributed by atoms with Gasteiger partial charge < -0.3 is 10.1 Å².